The van der Waals surface area contributed by atoms with E-state index in [9.17, 15) is 18.8 Å². The van der Waals surface area contributed by atoms with Gasteiger partial charge in [0.2, 0.25) is 0 Å². The summed E-state index contributed by atoms with van der Waals surface area (Å²) < 4.78 is 54.9. The van der Waals surface area contributed by atoms with Crippen molar-refractivity contribution in [2.45, 2.75) is 45.4 Å². The number of hydrogen-bond acceptors (Lipinski definition) is 9. The lowest BCUT2D eigenvalue weighted by molar-refractivity contribution is 0.0503. The van der Waals surface area contributed by atoms with Crippen LogP contribution in [-0.2, 0) is 9.47 Å². The Balaban J connectivity index is 1.62. The topological polar surface area (TPSA) is 124 Å². The fourth-order valence-electron chi connectivity index (χ4n) is 4.34. The van der Waals surface area contributed by atoms with E-state index in [1.807, 2.05) is 6.07 Å². The predicted molar refractivity (Wildman–Crippen MR) is 151 cm³/mol. The SMILES string of the molecule is C[C@H](NC(=O)OC(C)(C)C)[C@H](Nc1nc(Nc2cnc(N3CCOCC3)c(F)c2)c(C#N)cc1F)c1cccc(F)c1. The molecular weight excluding hydrogens is 551 g/mol. The fourth-order valence-corrected chi connectivity index (χ4v) is 4.34. The molecule has 1 aromatic carbocycles. The van der Waals surface area contributed by atoms with Crippen LogP contribution in [0.1, 0.15) is 44.9 Å². The Labute approximate surface area is 241 Å². The van der Waals surface area contributed by atoms with E-state index in [0.29, 0.717) is 31.9 Å². The van der Waals surface area contributed by atoms with Gasteiger partial charge in [0.05, 0.1) is 42.7 Å². The first-order valence-corrected chi connectivity index (χ1v) is 13.3. The van der Waals surface area contributed by atoms with E-state index in [1.165, 1.54) is 30.5 Å². The lowest BCUT2D eigenvalue weighted by Gasteiger charge is -2.29. The van der Waals surface area contributed by atoms with Crippen LogP contribution in [0.4, 0.5) is 41.1 Å². The molecule has 0 unspecified atom stereocenters. The normalized spacial score (nSPS) is 14.9. The van der Waals surface area contributed by atoms with Crippen LogP contribution in [0.5, 0.6) is 0 Å². The smallest absolute Gasteiger partial charge is 0.407 e. The molecule has 42 heavy (non-hydrogen) atoms. The van der Waals surface area contributed by atoms with Gasteiger partial charge >= 0.3 is 6.09 Å². The van der Waals surface area contributed by atoms with Crippen molar-refractivity contribution in [2.75, 3.05) is 41.8 Å². The maximum atomic E-state index is 15.2. The van der Waals surface area contributed by atoms with Crippen molar-refractivity contribution >= 4 is 29.2 Å². The Morgan fingerprint density at radius 1 is 1.12 bits per heavy atom. The summed E-state index contributed by atoms with van der Waals surface area (Å²) >= 11 is 0. The molecule has 1 aliphatic heterocycles. The second kappa shape index (κ2) is 12.9. The van der Waals surface area contributed by atoms with Crippen molar-refractivity contribution in [3.63, 3.8) is 0 Å². The van der Waals surface area contributed by atoms with Gasteiger partial charge in [-0.15, -0.1) is 0 Å². The van der Waals surface area contributed by atoms with Crippen molar-refractivity contribution in [1.29, 1.82) is 5.26 Å². The average molecular weight is 584 g/mol. The molecule has 1 fully saturated rings. The first-order valence-electron chi connectivity index (χ1n) is 13.3. The van der Waals surface area contributed by atoms with Crippen LogP contribution in [0.25, 0.3) is 0 Å². The average Bonchev–Trinajstić information content (AvgIpc) is 2.92. The second-order valence-electron chi connectivity index (χ2n) is 10.7. The third-order valence-electron chi connectivity index (χ3n) is 6.24. The zero-order valence-electron chi connectivity index (χ0n) is 23.7. The number of amides is 1. The van der Waals surface area contributed by atoms with E-state index >= 15 is 4.39 Å². The molecule has 0 spiro atoms. The molecule has 1 amide bonds. The third kappa shape index (κ3) is 7.79. The predicted octanol–water partition coefficient (Wildman–Crippen LogP) is 5.41. The molecular formula is C29H32F3N7O3. The number of nitriles is 1. The maximum absolute atomic E-state index is 15.2. The van der Waals surface area contributed by atoms with Crippen molar-refractivity contribution in [3.05, 3.63) is 71.2 Å². The van der Waals surface area contributed by atoms with Gasteiger partial charge in [0.15, 0.2) is 29.1 Å². The minimum atomic E-state index is -0.872. The van der Waals surface area contributed by atoms with Crippen LogP contribution < -0.4 is 20.9 Å². The largest absolute Gasteiger partial charge is 0.444 e. The standard InChI is InChI=1S/C29H32F3N7O3/c1-17(35-28(40)42-29(2,3)4)24(18-6-5-7-20(30)12-18)37-26-22(31)13-19(15-33)25(38-26)36-21-14-23(32)27(34-16-21)39-8-10-41-11-9-39/h5-7,12-14,16-17,24H,8-11H2,1-4H3,(H,35,40)(H2,36,37,38)/t17-,24-/m0/s1. The van der Waals surface area contributed by atoms with Gasteiger partial charge in [-0.05, 0) is 51.5 Å². The molecule has 222 valence electrons. The van der Waals surface area contributed by atoms with Gasteiger partial charge in [0.1, 0.15) is 17.5 Å². The molecule has 10 nitrogen and oxygen atoms in total. The molecule has 3 aromatic rings. The van der Waals surface area contributed by atoms with Crippen molar-refractivity contribution < 1.29 is 27.4 Å². The number of ether oxygens (including phenoxy) is 2. The summed E-state index contributed by atoms with van der Waals surface area (Å²) in [5, 5.41) is 18.1. The van der Waals surface area contributed by atoms with Crippen LogP contribution >= 0.6 is 0 Å². The summed E-state index contributed by atoms with van der Waals surface area (Å²) in [5.74, 6) is -2.17. The van der Waals surface area contributed by atoms with Crippen molar-refractivity contribution in [2.24, 2.45) is 0 Å². The summed E-state index contributed by atoms with van der Waals surface area (Å²) in [6.45, 7) is 8.69. The lowest BCUT2D eigenvalue weighted by atomic mass is 10.00. The number of rotatable bonds is 8. The minimum Gasteiger partial charge on any atom is -0.444 e. The number of carbonyl (C=O) groups is 1. The van der Waals surface area contributed by atoms with Gasteiger partial charge in [-0.2, -0.15) is 5.26 Å². The number of carbonyl (C=O) groups excluding carboxylic acids is 1. The van der Waals surface area contributed by atoms with Crippen LogP contribution in [0, 0.1) is 28.8 Å². The fraction of sp³-hybridized carbons (Fsp3) is 0.379. The van der Waals surface area contributed by atoms with Crippen LogP contribution in [0.3, 0.4) is 0 Å². The Bertz CT molecular complexity index is 1470. The summed E-state index contributed by atoms with van der Waals surface area (Å²) in [7, 11) is 0. The van der Waals surface area contributed by atoms with Gasteiger partial charge in [-0.1, -0.05) is 12.1 Å². The number of alkyl carbamates (subject to hydrolysis) is 1. The number of hydrogen-bond donors (Lipinski definition) is 3. The molecule has 3 heterocycles. The Kier molecular flexibility index (Phi) is 9.37. The van der Waals surface area contributed by atoms with Crippen molar-refractivity contribution in [3.8, 4) is 6.07 Å². The Morgan fingerprint density at radius 3 is 2.50 bits per heavy atom. The maximum Gasteiger partial charge on any atom is 0.407 e. The third-order valence-corrected chi connectivity index (χ3v) is 6.24. The molecule has 13 heteroatoms. The highest BCUT2D eigenvalue weighted by Crippen LogP contribution is 2.29. The molecule has 2 aromatic heterocycles. The zero-order valence-corrected chi connectivity index (χ0v) is 23.7. The number of pyridine rings is 2. The molecule has 1 aliphatic rings. The first kappa shape index (κ1) is 30.4. The van der Waals surface area contributed by atoms with Crippen molar-refractivity contribution in [1.82, 2.24) is 15.3 Å². The molecule has 4 rings (SSSR count). The second-order valence-corrected chi connectivity index (χ2v) is 10.7. The number of morpholine rings is 1. The number of anilines is 4. The molecule has 0 saturated carbocycles. The van der Waals surface area contributed by atoms with E-state index in [-0.39, 0.29) is 28.7 Å². The van der Waals surface area contributed by atoms with Gasteiger partial charge in [-0.25, -0.2) is 27.9 Å². The molecule has 2 atom stereocenters. The number of benzene rings is 1. The van der Waals surface area contributed by atoms with E-state index in [1.54, 1.807) is 38.7 Å². The van der Waals surface area contributed by atoms with Crippen LogP contribution in [-0.4, -0.2) is 54.0 Å². The number of aromatic nitrogens is 2. The molecule has 3 N–H and O–H groups in total. The monoisotopic (exact) mass is 583 g/mol. The summed E-state index contributed by atoms with van der Waals surface area (Å²) in [6, 6.07) is 8.04. The van der Waals surface area contributed by atoms with E-state index in [4.69, 9.17) is 9.47 Å². The van der Waals surface area contributed by atoms with Gasteiger partial charge < -0.3 is 30.3 Å². The quantitative estimate of drug-likeness (QED) is 0.319. The highest BCUT2D eigenvalue weighted by Gasteiger charge is 2.26. The summed E-state index contributed by atoms with van der Waals surface area (Å²) in [4.78, 5) is 22.7. The summed E-state index contributed by atoms with van der Waals surface area (Å²) in [5.41, 5.74) is -0.323. The zero-order chi connectivity index (χ0) is 30.4. The molecule has 0 aliphatic carbocycles. The number of nitrogens with zero attached hydrogens (tertiary/aromatic N) is 4. The van der Waals surface area contributed by atoms with Crippen LogP contribution in [0.2, 0.25) is 0 Å². The van der Waals surface area contributed by atoms with Gasteiger partial charge in [0.25, 0.3) is 0 Å². The minimum absolute atomic E-state index is 0.0625. The van der Waals surface area contributed by atoms with Crippen LogP contribution in [0.15, 0.2) is 42.6 Å². The molecule has 0 radical (unpaired) electrons. The Morgan fingerprint density at radius 2 is 1.86 bits per heavy atom. The lowest BCUT2D eigenvalue weighted by Crippen LogP contribution is -2.42. The Hall–Kier alpha value is -4.57. The van der Waals surface area contributed by atoms with E-state index in [0.717, 1.165) is 6.07 Å². The van der Waals surface area contributed by atoms with Gasteiger partial charge in [-0.3, -0.25) is 0 Å². The van der Waals surface area contributed by atoms with E-state index in [2.05, 4.69) is 25.9 Å². The van der Waals surface area contributed by atoms with E-state index < -0.39 is 41.2 Å². The number of halogens is 3. The highest BCUT2D eigenvalue weighted by atomic mass is 19.1. The molecule has 0 bridgehead atoms. The number of nitrogens with one attached hydrogen (secondary N) is 3. The molecule has 1 saturated heterocycles. The van der Waals surface area contributed by atoms with Gasteiger partial charge in [0, 0.05) is 19.2 Å². The first-order chi connectivity index (χ1) is 19.9. The highest BCUT2D eigenvalue weighted by molar-refractivity contribution is 5.69. The summed E-state index contributed by atoms with van der Waals surface area (Å²) in [6.07, 6.45) is 0.666.